The number of carbonyl (C=O) groups excluding carboxylic acids is 1. The van der Waals surface area contributed by atoms with Gasteiger partial charge < -0.3 is 5.32 Å². The normalized spacial score (nSPS) is 16.1. The van der Waals surface area contributed by atoms with E-state index >= 15 is 0 Å². The first-order chi connectivity index (χ1) is 10.1. The monoisotopic (exact) mass is 287 g/mol. The molecule has 3 rings (SSSR count). The summed E-state index contributed by atoms with van der Waals surface area (Å²) >= 11 is 0. The first-order valence-corrected chi connectivity index (χ1v) is 6.94. The molecule has 1 fully saturated rings. The average molecular weight is 287 g/mol. The summed E-state index contributed by atoms with van der Waals surface area (Å²) in [6.07, 6.45) is 2.20. The third-order valence-corrected chi connectivity index (χ3v) is 4.14. The molecular weight excluding hydrogens is 272 g/mol. The molecule has 2 nitrogen and oxygen atoms in total. The van der Waals surface area contributed by atoms with Gasteiger partial charge in [0.05, 0.1) is 11.1 Å². The molecule has 1 aliphatic rings. The van der Waals surface area contributed by atoms with E-state index in [0.717, 1.165) is 6.42 Å². The second-order valence-corrected chi connectivity index (χ2v) is 5.38. The summed E-state index contributed by atoms with van der Waals surface area (Å²) in [4.78, 5) is 12.6. The van der Waals surface area contributed by atoms with Crippen molar-refractivity contribution >= 4 is 11.6 Å². The number of benzene rings is 2. The van der Waals surface area contributed by atoms with E-state index in [9.17, 15) is 13.6 Å². The van der Waals surface area contributed by atoms with Crippen LogP contribution in [-0.2, 0) is 10.2 Å². The molecule has 0 atom stereocenters. The van der Waals surface area contributed by atoms with Crippen molar-refractivity contribution in [3.05, 3.63) is 65.7 Å². The lowest BCUT2D eigenvalue weighted by molar-refractivity contribution is -0.124. The van der Waals surface area contributed by atoms with Gasteiger partial charge in [0, 0.05) is 0 Å². The minimum atomic E-state index is -0.746. The number of para-hydroxylation sites is 1. The van der Waals surface area contributed by atoms with E-state index < -0.39 is 11.2 Å². The molecule has 0 radical (unpaired) electrons. The van der Waals surface area contributed by atoms with Crippen LogP contribution in [0.1, 0.15) is 24.8 Å². The third-order valence-electron chi connectivity index (χ3n) is 4.14. The van der Waals surface area contributed by atoms with Crippen LogP contribution < -0.4 is 5.32 Å². The average Bonchev–Trinajstić information content (AvgIpc) is 2.40. The van der Waals surface area contributed by atoms with Crippen molar-refractivity contribution in [2.24, 2.45) is 0 Å². The standard InChI is InChI=1S/C17H15F2NO/c18-13-6-3-5-12(11-13)17(9-4-10-17)16(21)20-15-8-2-1-7-14(15)19/h1-3,5-8,11H,4,9-10H2,(H,20,21). The van der Waals surface area contributed by atoms with Gasteiger partial charge in [-0.05, 0) is 42.7 Å². The van der Waals surface area contributed by atoms with E-state index in [2.05, 4.69) is 5.32 Å². The van der Waals surface area contributed by atoms with Crippen LogP contribution in [0.5, 0.6) is 0 Å². The summed E-state index contributed by atoms with van der Waals surface area (Å²) in [6, 6.07) is 12.1. The minimum absolute atomic E-state index is 0.158. The van der Waals surface area contributed by atoms with E-state index in [1.807, 2.05) is 0 Å². The van der Waals surface area contributed by atoms with Crippen LogP contribution in [0.2, 0.25) is 0 Å². The summed E-state index contributed by atoms with van der Waals surface area (Å²) < 4.78 is 27.1. The minimum Gasteiger partial charge on any atom is -0.323 e. The maximum Gasteiger partial charge on any atom is 0.235 e. The van der Waals surface area contributed by atoms with Crippen molar-refractivity contribution in [1.82, 2.24) is 0 Å². The Morgan fingerprint density at radius 2 is 1.81 bits per heavy atom. The molecule has 1 N–H and O–H groups in total. The van der Waals surface area contributed by atoms with Gasteiger partial charge in [-0.25, -0.2) is 8.78 Å². The largest absolute Gasteiger partial charge is 0.323 e. The lowest BCUT2D eigenvalue weighted by Crippen LogP contribution is -2.46. The van der Waals surface area contributed by atoms with Crippen molar-refractivity contribution < 1.29 is 13.6 Å². The number of rotatable bonds is 3. The summed E-state index contributed by atoms with van der Waals surface area (Å²) in [5.74, 6) is -1.11. The predicted molar refractivity (Wildman–Crippen MR) is 77.0 cm³/mol. The Hall–Kier alpha value is -2.23. The van der Waals surface area contributed by atoms with Crippen LogP contribution in [0.25, 0.3) is 0 Å². The van der Waals surface area contributed by atoms with E-state index in [1.165, 1.54) is 24.3 Å². The number of halogens is 2. The second kappa shape index (κ2) is 5.28. The van der Waals surface area contributed by atoms with Gasteiger partial charge in [-0.3, -0.25) is 4.79 Å². The van der Waals surface area contributed by atoms with Crippen molar-refractivity contribution in [1.29, 1.82) is 0 Å². The van der Waals surface area contributed by atoms with Crippen LogP contribution in [0, 0.1) is 11.6 Å². The van der Waals surface area contributed by atoms with Gasteiger partial charge in [0.2, 0.25) is 5.91 Å². The number of anilines is 1. The van der Waals surface area contributed by atoms with Gasteiger partial charge in [0.15, 0.2) is 0 Å². The summed E-state index contributed by atoms with van der Waals surface area (Å²) in [6.45, 7) is 0. The smallest absolute Gasteiger partial charge is 0.235 e. The number of hydrogen-bond donors (Lipinski definition) is 1. The molecule has 0 aliphatic heterocycles. The topological polar surface area (TPSA) is 29.1 Å². The van der Waals surface area contributed by atoms with Crippen LogP contribution in [-0.4, -0.2) is 5.91 Å². The van der Waals surface area contributed by atoms with Gasteiger partial charge in [-0.2, -0.15) is 0 Å². The Kier molecular flexibility index (Phi) is 3.45. The molecule has 21 heavy (non-hydrogen) atoms. The Morgan fingerprint density at radius 3 is 2.43 bits per heavy atom. The molecular formula is C17H15F2NO. The van der Waals surface area contributed by atoms with Gasteiger partial charge in [0.1, 0.15) is 11.6 Å². The molecule has 1 aliphatic carbocycles. The Bertz CT molecular complexity index is 680. The van der Waals surface area contributed by atoms with Crippen LogP contribution in [0.15, 0.2) is 48.5 Å². The molecule has 4 heteroatoms. The van der Waals surface area contributed by atoms with Crippen molar-refractivity contribution in [2.75, 3.05) is 5.32 Å². The van der Waals surface area contributed by atoms with Crippen LogP contribution >= 0.6 is 0 Å². The zero-order valence-electron chi connectivity index (χ0n) is 11.4. The molecule has 0 saturated heterocycles. The molecule has 2 aromatic carbocycles. The number of nitrogens with one attached hydrogen (secondary N) is 1. The molecule has 1 amide bonds. The zero-order valence-corrected chi connectivity index (χ0v) is 11.4. The quantitative estimate of drug-likeness (QED) is 0.907. The highest BCUT2D eigenvalue weighted by atomic mass is 19.1. The summed E-state index contributed by atoms with van der Waals surface area (Å²) in [5.41, 5.74) is 0.0671. The number of amides is 1. The molecule has 2 aromatic rings. The first-order valence-electron chi connectivity index (χ1n) is 6.94. The van der Waals surface area contributed by atoms with Crippen molar-refractivity contribution in [3.8, 4) is 0 Å². The van der Waals surface area contributed by atoms with Crippen LogP contribution in [0.3, 0.4) is 0 Å². The van der Waals surface area contributed by atoms with Crippen molar-refractivity contribution in [3.63, 3.8) is 0 Å². The highest BCUT2D eigenvalue weighted by molar-refractivity contribution is 6.00. The molecule has 1 saturated carbocycles. The first kappa shape index (κ1) is 13.7. The zero-order chi connectivity index (χ0) is 14.9. The lowest BCUT2D eigenvalue weighted by Gasteiger charge is -2.40. The van der Waals surface area contributed by atoms with E-state index in [0.29, 0.717) is 18.4 Å². The fraction of sp³-hybridized carbons (Fsp3) is 0.235. The van der Waals surface area contributed by atoms with Gasteiger partial charge in [-0.15, -0.1) is 0 Å². The number of carbonyl (C=O) groups is 1. The molecule has 108 valence electrons. The third kappa shape index (κ3) is 2.42. The van der Waals surface area contributed by atoms with Crippen LogP contribution in [0.4, 0.5) is 14.5 Å². The van der Waals surface area contributed by atoms with E-state index in [-0.39, 0.29) is 17.4 Å². The molecule has 0 unspecified atom stereocenters. The predicted octanol–water partition coefficient (Wildman–Crippen LogP) is 4.03. The second-order valence-electron chi connectivity index (χ2n) is 5.38. The maximum atomic E-state index is 13.7. The van der Waals surface area contributed by atoms with E-state index in [4.69, 9.17) is 0 Å². The highest BCUT2D eigenvalue weighted by Crippen LogP contribution is 2.44. The molecule has 0 aromatic heterocycles. The van der Waals surface area contributed by atoms with E-state index in [1.54, 1.807) is 24.3 Å². The molecule has 0 bridgehead atoms. The maximum absolute atomic E-state index is 13.7. The highest BCUT2D eigenvalue weighted by Gasteiger charge is 2.45. The summed E-state index contributed by atoms with van der Waals surface area (Å²) in [7, 11) is 0. The fourth-order valence-electron chi connectivity index (χ4n) is 2.77. The van der Waals surface area contributed by atoms with Gasteiger partial charge in [-0.1, -0.05) is 30.7 Å². The molecule has 0 heterocycles. The van der Waals surface area contributed by atoms with Gasteiger partial charge >= 0.3 is 0 Å². The van der Waals surface area contributed by atoms with Gasteiger partial charge in [0.25, 0.3) is 0 Å². The lowest BCUT2D eigenvalue weighted by atomic mass is 9.63. The number of hydrogen-bond acceptors (Lipinski definition) is 1. The summed E-state index contributed by atoms with van der Waals surface area (Å²) in [5, 5.41) is 2.63. The SMILES string of the molecule is O=C(Nc1ccccc1F)C1(c2cccc(F)c2)CCC1. The molecule has 0 spiro atoms. The Labute approximate surface area is 121 Å². The Balaban J connectivity index is 1.90. The Morgan fingerprint density at radius 1 is 1.05 bits per heavy atom. The fourth-order valence-corrected chi connectivity index (χ4v) is 2.77. The van der Waals surface area contributed by atoms with Crippen molar-refractivity contribution in [2.45, 2.75) is 24.7 Å².